The zero-order chi connectivity index (χ0) is 22.7. The molecule has 2 aromatic carbocycles. The van der Waals surface area contributed by atoms with E-state index in [9.17, 15) is 19.0 Å². The van der Waals surface area contributed by atoms with Crippen molar-refractivity contribution in [1.29, 1.82) is 0 Å². The predicted molar refractivity (Wildman–Crippen MR) is 135 cm³/mol. The van der Waals surface area contributed by atoms with Crippen molar-refractivity contribution in [2.75, 3.05) is 11.1 Å². The highest BCUT2D eigenvalue weighted by molar-refractivity contribution is 8.23. The number of carbonyl (C=O) groups excluding carboxylic acids is 1. The fraction of sp³-hybridized carbons (Fsp3) is 0.333. The molecule has 5 rings (SSSR count). The molecule has 0 spiro atoms. The normalized spacial score (nSPS) is 24.8. The number of nitrogens with one attached hydrogen (secondary N) is 1. The molecule has 0 amide bonds. The van der Waals surface area contributed by atoms with Crippen LogP contribution in [0.3, 0.4) is 0 Å². The number of nitrogens with zero attached hydrogens (tertiary/aromatic N) is 1. The van der Waals surface area contributed by atoms with Crippen molar-refractivity contribution in [2.45, 2.75) is 49.3 Å². The summed E-state index contributed by atoms with van der Waals surface area (Å²) >= 11 is 0. The van der Waals surface area contributed by atoms with Crippen LogP contribution in [0, 0.1) is 5.92 Å². The standard InChI is InChI=1S/C24H27N3O4S.ClH/c1-24(13-14-6-2-3-7-14)17-9-5-4-8-16(17)21(28)20(22(24)29)23-26-18-11-10-15(25)12-19(18)32(30,31)27-23;/h4-5,8-12,14,28,30-31H,2-3,6-7,13,25H2,1H3,(H,26,27);1H. The van der Waals surface area contributed by atoms with Crippen molar-refractivity contribution < 1.29 is 19.0 Å². The van der Waals surface area contributed by atoms with Gasteiger partial charge in [-0.25, -0.2) is 0 Å². The largest absolute Gasteiger partial charge is 0.506 e. The van der Waals surface area contributed by atoms with Gasteiger partial charge in [-0.2, -0.15) is 0 Å². The van der Waals surface area contributed by atoms with E-state index in [0.29, 0.717) is 29.3 Å². The van der Waals surface area contributed by atoms with Crippen LogP contribution in [0.2, 0.25) is 0 Å². The molecule has 3 aliphatic rings. The Bertz CT molecular complexity index is 1190. The Morgan fingerprint density at radius 2 is 1.88 bits per heavy atom. The number of anilines is 2. The Hall–Kier alpha value is -2.52. The molecule has 9 heteroatoms. The number of Topliss-reactive ketones (excluding diaryl/α,β-unsaturated/α-hetero) is 1. The number of hydrogen-bond acceptors (Lipinski definition) is 7. The number of rotatable bonds is 3. The number of aliphatic hydroxyl groups excluding tert-OH is 1. The molecule has 0 radical (unpaired) electrons. The van der Waals surface area contributed by atoms with Gasteiger partial charge in [0, 0.05) is 11.3 Å². The maximum absolute atomic E-state index is 14.0. The summed E-state index contributed by atoms with van der Waals surface area (Å²) in [7, 11) is -3.60. The molecular formula is C24H28ClN3O4S. The fourth-order valence-corrected chi connectivity index (χ4v) is 6.53. The molecule has 1 unspecified atom stereocenters. The van der Waals surface area contributed by atoms with Crippen LogP contribution in [0.1, 0.15) is 50.2 Å². The van der Waals surface area contributed by atoms with Crippen molar-refractivity contribution >= 4 is 51.9 Å². The van der Waals surface area contributed by atoms with E-state index in [1.54, 1.807) is 18.2 Å². The Kier molecular flexibility index (Phi) is 5.99. The lowest BCUT2D eigenvalue weighted by atomic mass is 9.65. The van der Waals surface area contributed by atoms with Crippen LogP contribution in [-0.2, 0) is 10.2 Å². The number of carbonyl (C=O) groups is 1. The van der Waals surface area contributed by atoms with Crippen LogP contribution in [0.4, 0.5) is 11.4 Å². The zero-order valence-corrected chi connectivity index (χ0v) is 19.9. The van der Waals surface area contributed by atoms with Crippen LogP contribution in [-0.4, -0.2) is 25.8 Å². The van der Waals surface area contributed by atoms with Crippen molar-refractivity contribution in [3.8, 4) is 0 Å². The first-order valence-electron chi connectivity index (χ1n) is 10.8. The molecule has 1 atom stereocenters. The fourth-order valence-electron chi connectivity index (χ4n) is 5.33. The van der Waals surface area contributed by atoms with Crippen LogP contribution < -0.4 is 11.1 Å². The number of nitrogen functional groups attached to an aromatic ring is 1. The summed E-state index contributed by atoms with van der Waals surface area (Å²) in [6, 6.07) is 12.1. The highest BCUT2D eigenvalue weighted by Gasteiger charge is 2.47. The zero-order valence-electron chi connectivity index (χ0n) is 18.2. The number of aliphatic hydroxyl groups is 1. The van der Waals surface area contributed by atoms with Crippen LogP contribution in [0.25, 0.3) is 5.76 Å². The average molecular weight is 490 g/mol. The van der Waals surface area contributed by atoms with Gasteiger partial charge in [-0.1, -0.05) is 60.7 Å². The highest BCUT2D eigenvalue weighted by Crippen LogP contribution is 2.57. The summed E-state index contributed by atoms with van der Waals surface area (Å²) in [4.78, 5) is 14.1. The van der Waals surface area contributed by atoms with Crippen LogP contribution in [0.5, 0.6) is 0 Å². The van der Waals surface area contributed by atoms with E-state index < -0.39 is 16.2 Å². The maximum Gasteiger partial charge on any atom is 0.180 e. The van der Waals surface area contributed by atoms with E-state index >= 15 is 0 Å². The number of amidine groups is 1. The van der Waals surface area contributed by atoms with E-state index in [4.69, 9.17) is 5.73 Å². The van der Waals surface area contributed by atoms with E-state index in [-0.39, 0.29) is 40.3 Å². The Balaban J connectivity index is 0.00000259. The van der Waals surface area contributed by atoms with Crippen LogP contribution in [0.15, 0.2) is 57.3 Å². The molecule has 1 heterocycles. The van der Waals surface area contributed by atoms with E-state index in [2.05, 4.69) is 9.71 Å². The van der Waals surface area contributed by atoms with E-state index in [0.717, 1.165) is 18.4 Å². The molecule has 1 saturated carbocycles. The van der Waals surface area contributed by atoms with Crippen molar-refractivity contribution in [1.82, 2.24) is 0 Å². The van der Waals surface area contributed by atoms with Crippen molar-refractivity contribution in [3.63, 3.8) is 0 Å². The van der Waals surface area contributed by atoms with Gasteiger partial charge in [0.2, 0.25) is 0 Å². The van der Waals surface area contributed by atoms with Gasteiger partial charge < -0.3 is 16.2 Å². The molecule has 2 aromatic rings. The lowest BCUT2D eigenvalue weighted by molar-refractivity contribution is -0.120. The van der Waals surface area contributed by atoms with Gasteiger partial charge >= 0.3 is 0 Å². The van der Waals surface area contributed by atoms with Crippen molar-refractivity contribution in [3.05, 3.63) is 59.2 Å². The highest BCUT2D eigenvalue weighted by atomic mass is 35.5. The number of halogens is 1. The smallest absolute Gasteiger partial charge is 0.180 e. The molecule has 7 nitrogen and oxygen atoms in total. The van der Waals surface area contributed by atoms with Gasteiger partial charge in [-0.05, 0) is 43.0 Å². The molecule has 176 valence electrons. The summed E-state index contributed by atoms with van der Waals surface area (Å²) in [5.74, 6) is -0.0587. The third kappa shape index (κ3) is 3.81. The van der Waals surface area contributed by atoms with Gasteiger partial charge in [0.25, 0.3) is 0 Å². The minimum atomic E-state index is -3.60. The maximum atomic E-state index is 14.0. The second-order valence-electron chi connectivity index (χ2n) is 9.12. The molecule has 33 heavy (non-hydrogen) atoms. The summed E-state index contributed by atoms with van der Waals surface area (Å²) in [5.41, 5.74) is 7.10. The molecule has 0 saturated heterocycles. The summed E-state index contributed by atoms with van der Waals surface area (Å²) in [6.45, 7) is 1.93. The lowest BCUT2D eigenvalue weighted by Crippen LogP contribution is -2.43. The van der Waals surface area contributed by atoms with E-state index in [1.165, 1.54) is 18.9 Å². The first-order valence-corrected chi connectivity index (χ1v) is 12.3. The minimum absolute atomic E-state index is 0. The Labute approximate surface area is 200 Å². The summed E-state index contributed by atoms with van der Waals surface area (Å²) in [5, 5.41) is 14.2. The van der Waals surface area contributed by atoms with Gasteiger partial charge in [-0.3, -0.25) is 13.9 Å². The Morgan fingerprint density at radius 3 is 2.61 bits per heavy atom. The summed E-state index contributed by atoms with van der Waals surface area (Å²) in [6.07, 6.45) is 5.19. The second kappa shape index (κ2) is 8.36. The molecule has 6 N–H and O–H groups in total. The molecule has 1 aliphatic heterocycles. The first kappa shape index (κ1) is 23.6. The third-order valence-electron chi connectivity index (χ3n) is 6.92. The number of fused-ring (bicyclic) bond motifs is 2. The van der Waals surface area contributed by atoms with Gasteiger partial charge in [0.15, 0.2) is 11.6 Å². The molecule has 0 aromatic heterocycles. The minimum Gasteiger partial charge on any atom is -0.506 e. The van der Waals surface area contributed by atoms with Gasteiger partial charge in [0.05, 0.1) is 11.1 Å². The number of hydrogen-bond donors (Lipinski definition) is 5. The summed E-state index contributed by atoms with van der Waals surface area (Å²) < 4.78 is 25.5. The number of ketones is 1. The molecule has 0 bridgehead atoms. The predicted octanol–water partition coefficient (Wildman–Crippen LogP) is 5.93. The molecule has 1 fully saturated rings. The lowest BCUT2D eigenvalue weighted by Gasteiger charge is -2.39. The second-order valence-corrected chi connectivity index (χ2v) is 10.8. The Morgan fingerprint density at radius 1 is 1.18 bits per heavy atom. The van der Waals surface area contributed by atoms with E-state index in [1.807, 2.05) is 25.1 Å². The van der Waals surface area contributed by atoms with Gasteiger partial charge in [0.1, 0.15) is 16.2 Å². The average Bonchev–Trinajstić information content (AvgIpc) is 3.26. The topological polar surface area (TPSA) is 128 Å². The van der Waals surface area contributed by atoms with Gasteiger partial charge in [-0.15, -0.1) is 16.8 Å². The molecular weight excluding hydrogens is 462 g/mol. The van der Waals surface area contributed by atoms with Crippen LogP contribution >= 0.6 is 23.2 Å². The monoisotopic (exact) mass is 489 g/mol. The quantitative estimate of drug-likeness (QED) is 0.340. The number of benzene rings is 2. The first-order chi connectivity index (χ1) is 15.2. The van der Waals surface area contributed by atoms with Crippen molar-refractivity contribution in [2.24, 2.45) is 10.3 Å². The SMILES string of the molecule is CC1(CC2CCCC2)C(=O)C(C2=NS(O)(O)c3cc(N)ccc3N2)=C(O)c2ccccc21.Cl. The third-order valence-corrected chi connectivity index (χ3v) is 8.29. The number of nitrogens with two attached hydrogens (primary N) is 1. The molecule has 2 aliphatic carbocycles.